The minimum absolute atomic E-state index is 0.0955. The first kappa shape index (κ1) is 18.6. The molecule has 1 amide bonds. The predicted molar refractivity (Wildman–Crippen MR) is 110 cm³/mol. The highest BCUT2D eigenvalue weighted by molar-refractivity contribution is 7.15. The van der Waals surface area contributed by atoms with Gasteiger partial charge in [-0.15, -0.1) is 11.3 Å². The quantitative estimate of drug-likeness (QED) is 0.718. The van der Waals surface area contributed by atoms with Crippen LogP contribution in [0.15, 0.2) is 34.4 Å². The zero-order valence-corrected chi connectivity index (χ0v) is 16.7. The van der Waals surface area contributed by atoms with Gasteiger partial charge in [0.2, 0.25) is 10.9 Å². The number of piperazine rings is 1. The van der Waals surface area contributed by atoms with Crippen LogP contribution in [0, 0.1) is 13.8 Å². The lowest BCUT2D eigenvalue weighted by atomic mass is 10.2. The largest absolute Gasteiger partial charge is 0.369 e. The Morgan fingerprint density at radius 1 is 1.21 bits per heavy atom. The summed E-state index contributed by atoms with van der Waals surface area (Å²) in [6.45, 7) is 7.48. The number of nitrogens with one attached hydrogen (secondary N) is 1. The van der Waals surface area contributed by atoms with Gasteiger partial charge >= 0.3 is 0 Å². The SMILES string of the molecule is Cc1cccc(N2CCN(CC(=O)Nc3csc4nc(=O)c(C)nn34)CC2)c1. The molecule has 0 saturated carbocycles. The summed E-state index contributed by atoms with van der Waals surface area (Å²) in [5, 5.41) is 8.84. The Morgan fingerprint density at radius 2 is 2.00 bits per heavy atom. The molecule has 9 heteroatoms. The minimum atomic E-state index is -0.341. The van der Waals surface area contributed by atoms with Gasteiger partial charge in [0, 0.05) is 37.2 Å². The molecule has 1 aromatic carbocycles. The third-order valence-corrected chi connectivity index (χ3v) is 5.63. The molecule has 4 rings (SSSR count). The van der Waals surface area contributed by atoms with Crippen LogP contribution in [0.3, 0.4) is 0 Å². The molecule has 1 aliphatic rings. The predicted octanol–water partition coefficient (Wildman–Crippen LogP) is 1.53. The van der Waals surface area contributed by atoms with Crippen LogP contribution in [0.4, 0.5) is 11.5 Å². The van der Waals surface area contributed by atoms with Crippen molar-refractivity contribution < 1.29 is 4.79 Å². The van der Waals surface area contributed by atoms with Gasteiger partial charge in [-0.25, -0.2) is 0 Å². The van der Waals surface area contributed by atoms with Crippen molar-refractivity contribution in [1.82, 2.24) is 19.5 Å². The number of hydrogen-bond donors (Lipinski definition) is 1. The van der Waals surface area contributed by atoms with Gasteiger partial charge in [0.15, 0.2) is 0 Å². The van der Waals surface area contributed by atoms with Crippen molar-refractivity contribution >= 4 is 33.7 Å². The Hall–Kier alpha value is -2.78. The lowest BCUT2D eigenvalue weighted by molar-refractivity contribution is -0.117. The van der Waals surface area contributed by atoms with E-state index in [4.69, 9.17) is 0 Å². The normalized spacial score (nSPS) is 15.1. The number of nitrogens with zero attached hydrogens (tertiary/aromatic N) is 5. The fraction of sp³-hybridized carbons (Fsp3) is 0.368. The maximum absolute atomic E-state index is 12.5. The number of fused-ring (bicyclic) bond motifs is 1. The van der Waals surface area contributed by atoms with E-state index < -0.39 is 0 Å². The molecule has 8 nitrogen and oxygen atoms in total. The third-order valence-electron chi connectivity index (χ3n) is 4.82. The highest BCUT2D eigenvalue weighted by Crippen LogP contribution is 2.19. The second kappa shape index (κ2) is 7.69. The molecule has 1 N–H and O–H groups in total. The Kier molecular flexibility index (Phi) is 5.10. The first-order valence-corrected chi connectivity index (χ1v) is 10.1. The number of hydrogen-bond acceptors (Lipinski definition) is 7. The van der Waals surface area contributed by atoms with Crippen LogP contribution in [0.1, 0.15) is 11.3 Å². The molecule has 0 aliphatic carbocycles. The molecule has 0 atom stereocenters. The van der Waals surface area contributed by atoms with Crippen molar-refractivity contribution in [3.8, 4) is 0 Å². The summed E-state index contributed by atoms with van der Waals surface area (Å²) >= 11 is 1.28. The van der Waals surface area contributed by atoms with E-state index in [2.05, 4.69) is 56.4 Å². The van der Waals surface area contributed by atoms with Crippen LogP contribution in [-0.2, 0) is 4.79 Å². The Morgan fingerprint density at radius 3 is 2.75 bits per heavy atom. The summed E-state index contributed by atoms with van der Waals surface area (Å²) in [7, 11) is 0. The van der Waals surface area contributed by atoms with Gasteiger partial charge in [-0.3, -0.25) is 14.5 Å². The van der Waals surface area contributed by atoms with E-state index in [9.17, 15) is 9.59 Å². The van der Waals surface area contributed by atoms with Crippen molar-refractivity contribution in [2.24, 2.45) is 0 Å². The number of carbonyl (C=O) groups excluding carboxylic acids is 1. The average Bonchev–Trinajstić information content (AvgIpc) is 3.04. The fourth-order valence-electron chi connectivity index (χ4n) is 3.30. The molecule has 28 heavy (non-hydrogen) atoms. The van der Waals surface area contributed by atoms with Gasteiger partial charge in [0.1, 0.15) is 11.5 Å². The van der Waals surface area contributed by atoms with Gasteiger partial charge in [0.05, 0.1) is 6.54 Å². The van der Waals surface area contributed by atoms with E-state index in [-0.39, 0.29) is 11.5 Å². The van der Waals surface area contributed by atoms with Crippen LogP contribution in [0.25, 0.3) is 4.96 Å². The van der Waals surface area contributed by atoms with E-state index in [0.717, 1.165) is 26.2 Å². The molecule has 146 valence electrons. The second-order valence-corrected chi connectivity index (χ2v) is 7.80. The number of benzene rings is 1. The molecule has 0 bridgehead atoms. The van der Waals surface area contributed by atoms with Crippen LogP contribution >= 0.6 is 11.3 Å². The van der Waals surface area contributed by atoms with Gasteiger partial charge in [-0.2, -0.15) is 14.6 Å². The van der Waals surface area contributed by atoms with Crippen molar-refractivity contribution in [3.63, 3.8) is 0 Å². The van der Waals surface area contributed by atoms with Crippen molar-refractivity contribution in [2.75, 3.05) is 42.9 Å². The van der Waals surface area contributed by atoms with E-state index in [1.54, 1.807) is 12.3 Å². The lowest BCUT2D eigenvalue weighted by Crippen LogP contribution is -2.48. The Balaban J connectivity index is 1.35. The van der Waals surface area contributed by atoms with Gasteiger partial charge in [-0.1, -0.05) is 12.1 Å². The first-order chi connectivity index (χ1) is 13.5. The minimum Gasteiger partial charge on any atom is -0.369 e. The molecule has 3 heterocycles. The number of anilines is 2. The van der Waals surface area contributed by atoms with Gasteiger partial charge in [0.25, 0.3) is 5.56 Å². The molecular formula is C19H22N6O2S. The molecule has 0 unspecified atom stereocenters. The lowest BCUT2D eigenvalue weighted by Gasteiger charge is -2.35. The first-order valence-electron chi connectivity index (χ1n) is 9.18. The van der Waals surface area contributed by atoms with Crippen molar-refractivity contribution in [1.29, 1.82) is 0 Å². The number of amides is 1. The third kappa shape index (κ3) is 3.90. The van der Waals surface area contributed by atoms with Crippen LogP contribution in [0.5, 0.6) is 0 Å². The van der Waals surface area contributed by atoms with E-state index >= 15 is 0 Å². The van der Waals surface area contributed by atoms with E-state index in [1.165, 1.54) is 27.1 Å². The zero-order valence-electron chi connectivity index (χ0n) is 15.9. The molecule has 1 fully saturated rings. The number of thiazole rings is 1. The molecule has 0 radical (unpaired) electrons. The highest BCUT2D eigenvalue weighted by atomic mass is 32.1. The standard InChI is InChI=1S/C19H22N6O2S/c1-13-4-3-5-15(10-13)24-8-6-23(7-9-24)11-17(26)20-16-12-28-19-21-18(27)14(2)22-25(16)19/h3-5,10,12H,6-9,11H2,1-2H3,(H,20,26). The van der Waals surface area contributed by atoms with Crippen LogP contribution < -0.4 is 15.8 Å². The average molecular weight is 398 g/mol. The summed E-state index contributed by atoms with van der Waals surface area (Å²) in [6.07, 6.45) is 0. The topological polar surface area (TPSA) is 82.8 Å². The van der Waals surface area contributed by atoms with Crippen LogP contribution in [0.2, 0.25) is 0 Å². The second-order valence-electron chi connectivity index (χ2n) is 6.97. The van der Waals surface area contributed by atoms with Gasteiger partial charge < -0.3 is 10.2 Å². The number of rotatable bonds is 4. The maximum atomic E-state index is 12.5. The summed E-state index contributed by atoms with van der Waals surface area (Å²) in [6, 6.07) is 8.50. The molecule has 0 spiro atoms. The summed E-state index contributed by atoms with van der Waals surface area (Å²) < 4.78 is 1.51. The van der Waals surface area contributed by atoms with Gasteiger partial charge in [-0.05, 0) is 31.5 Å². The van der Waals surface area contributed by atoms with E-state index in [0.29, 0.717) is 23.0 Å². The zero-order chi connectivity index (χ0) is 19.7. The number of aromatic nitrogens is 3. The highest BCUT2D eigenvalue weighted by Gasteiger charge is 2.20. The molecule has 1 saturated heterocycles. The fourth-order valence-corrected chi connectivity index (χ4v) is 4.05. The Labute approximate surface area is 166 Å². The molecule has 1 aliphatic heterocycles. The summed E-state index contributed by atoms with van der Waals surface area (Å²) in [5.74, 6) is 0.445. The van der Waals surface area contributed by atoms with Crippen molar-refractivity contribution in [3.05, 3.63) is 51.3 Å². The molecular weight excluding hydrogens is 376 g/mol. The van der Waals surface area contributed by atoms with Crippen LogP contribution in [-0.4, -0.2) is 58.1 Å². The Bertz CT molecular complexity index is 1070. The summed E-state index contributed by atoms with van der Waals surface area (Å²) in [5.41, 5.74) is 2.45. The maximum Gasteiger partial charge on any atom is 0.295 e. The monoisotopic (exact) mass is 398 g/mol. The number of carbonyl (C=O) groups is 1. The molecule has 3 aromatic rings. The molecule has 2 aromatic heterocycles. The van der Waals surface area contributed by atoms with Crippen molar-refractivity contribution in [2.45, 2.75) is 13.8 Å². The summed E-state index contributed by atoms with van der Waals surface area (Å²) in [4.78, 5) is 33.0. The smallest absolute Gasteiger partial charge is 0.295 e. The van der Waals surface area contributed by atoms with E-state index in [1.807, 2.05) is 0 Å². The number of aryl methyl sites for hydroxylation is 2.